The third-order valence-corrected chi connectivity index (χ3v) is 8.00. The first-order chi connectivity index (χ1) is 15.8. The van der Waals surface area contributed by atoms with Gasteiger partial charge in [0.2, 0.25) is 21.1 Å². The van der Waals surface area contributed by atoms with E-state index < -0.39 is 10.0 Å². The number of hydrogen-bond donors (Lipinski definition) is 1. The Kier molecular flexibility index (Phi) is 7.01. The highest BCUT2D eigenvalue weighted by Gasteiger charge is 2.28. The smallest absolute Gasteiger partial charge is 0.243 e. The number of hydrogen-bond acceptors (Lipinski definition) is 7. The Morgan fingerprint density at radius 2 is 1.79 bits per heavy atom. The molecule has 0 aliphatic carbocycles. The minimum atomic E-state index is -3.64. The van der Waals surface area contributed by atoms with Crippen molar-refractivity contribution >= 4 is 38.3 Å². The number of carbonyl (C=O) groups is 1. The summed E-state index contributed by atoms with van der Waals surface area (Å²) in [4.78, 5) is 18.0. The summed E-state index contributed by atoms with van der Waals surface area (Å²) >= 11 is 1.29. The first kappa shape index (κ1) is 23.3. The minimum Gasteiger partial charge on any atom is -0.345 e. The van der Waals surface area contributed by atoms with Gasteiger partial charge in [-0.2, -0.15) is 8.68 Å². The molecule has 2 heterocycles. The Hall–Kier alpha value is -2.89. The molecule has 0 spiro atoms. The fourth-order valence-corrected chi connectivity index (χ4v) is 5.82. The maximum absolute atomic E-state index is 13.1. The van der Waals surface area contributed by atoms with Crippen LogP contribution in [0.2, 0.25) is 0 Å². The maximum atomic E-state index is 13.1. The predicted octanol–water partition coefficient (Wildman–Crippen LogP) is 3.13. The van der Waals surface area contributed by atoms with Gasteiger partial charge < -0.3 is 10.2 Å². The summed E-state index contributed by atoms with van der Waals surface area (Å²) in [5.74, 6) is 0.170. The van der Waals surface area contributed by atoms with E-state index in [4.69, 9.17) is 0 Å². The first-order valence-corrected chi connectivity index (χ1v) is 12.7. The molecule has 0 saturated carbocycles. The number of anilines is 2. The lowest BCUT2D eigenvalue weighted by Crippen LogP contribution is -2.35. The molecule has 174 valence electrons. The monoisotopic (exact) mass is 489 g/mol. The highest BCUT2D eigenvalue weighted by Crippen LogP contribution is 2.24. The largest absolute Gasteiger partial charge is 0.345 e. The number of amides is 1. The normalized spacial score (nSPS) is 15.3. The number of rotatable bonds is 6. The van der Waals surface area contributed by atoms with Crippen molar-refractivity contribution in [1.82, 2.24) is 13.7 Å². The molecular formula is C22H24FN5O3S2. The summed E-state index contributed by atoms with van der Waals surface area (Å²) in [5.41, 5.74) is 1.48. The third kappa shape index (κ3) is 5.73. The van der Waals surface area contributed by atoms with Gasteiger partial charge in [-0.3, -0.25) is 4.79 Å². The Labute approximate surface area is 196 Å². The summed E-state index contributed by atoms with van der Waals surface area (Å²) < 4.78 is 45.2. The van der Waals surface area contributed by atoms with Gasteiger partial charge in [0.15, 0.2) is 0 Å². The molecule has 0 bridgehead atoms. The van der Waals surface area contributed by atoms with E-state index in [1.807, 2.05) is 0 Å². The molecule has 3 aromatic rings. The van der Waals surface area contributed by atoms with Crippen molar-refractivity contribution in [3.8, 4) is 0 Å². The summed E-state index contributed by atoms with van der Waals surface area (Å²) in [6.07, 6.45) is 1.18. The number of aromatic nitrogens is 2. The number of nitrogens with zero attached hydrogens (tertiary/aromatic N) is 4. The van der Waals surface area contributed by atoms with Gasteiger partial charge in [0.05, 0.1) is 4.90 Å². The second-order valence-electron chi connectivity index (χ2n) is 7.75. The molecular weight excluding hydrogens is 465 g/mol. The van der Waals surface area contributed by atoms with Gasteiger partial charge in [0.25, 0.3) is 0 Å². The highest BCUT2D eigenvalue weighted by atomic mass is 32.2. The zero-order chi connectivity index (χ0) is 23.4. The van der Waals surface area contributed by atoms with E-state index in [2.05, 4.69) is 19.6 Å². The second kappa shape index (κ2) is 9.94. The van der Waals surface area contributed by atoms with Gasteiger partial charge in [-0.1, -0.05) is 12.1 Å². The lowest BCUT2D eigenvalue weighted by atomic mass is 10.1. The van der Waals surface area contributed by atoms with E-state index in [0.717, 1.165) is 10.7 Å². The number of sulfonamides is 1. The maximum Gasteiger partial charge on any atom is 0.243 e. The van der Waals surface area contributed by atoms with Gasteiger partial charge in [0, 0.05) is 56.7 Å². The molecule has 1 amide bonds. The predicted molar refractivity (Wildman–Crippen MR) is 125 cm³/mol. The molecule has 1 aromatic heterocycles. The minimum absolute atomic E-state index is 0.197. The standard InChI is InChI=1S/C22H24FN5O3S2/c1-16(29)24-19-7-9-20(10-8-19)33(30,31)28-12-2-11-27(13-14-28)22-25-21(26-32-22)15-17-3-5-18(23)6-4-17/h3-10H,2,11-15H2,1H3,(H,24,29). The SMILES string of the molecule is CC(=O)Nc1ccc(S(=O)(=O)N2CCCN(c3nc(Cc4ccc(F)cc4)ns3)CC2)cc1. The Bertz CT molecular complexity index is 1210. The van der Waals surface area contributed by atoms with Crippen molar-refractivity contribution in [3.63, 3.8) is 0 Å². The van der Waals surface area contributed by atoms with E-state index in [-0.39, 0.29) is 16.6 Å². The van der Waals surface area contributed by atoms with Crippen LogP contribution in [0.4, 0.5) is 15.2 Å². The number of benzene rings is 2. The molecule has 1 N–H and O–H groups in total. The molecule has 8 nitrogen and oxygen atoms in total. The van der Waals surface area contributed by atoms with Gasteiger partial charge >= 0.3 is 0 Å². The number of halogens is 1. The molecule has 1 aliphatic rings. The van der Waals surface area contributed by atoms with Gasteiger partial charge in [0.1, 0.15) is 11.6 Å². The van der Waals surface area contributed by atoms with Crippen LogP contribution in [0, 0.1) is 5.82 Å². The molecule has 33 heavy (non-hydrogen) atoms. The van der Waals surface area contributed by atoms with Gasteiger partial charge in [-0.25, -0.2) is 17.8 Å². The molecule has 0 unspecified atom stereocenters. The van der Waals surface area contributed by atoms with Crippen LogP contribution in [0.1, 0.15) is 24.7 Å². The van der Waals surface area contributed by atoms with Crippen LogP contribution < -0.4 is 10.2 Å². The van der Waals surface area contributed by atoms with Crippen molar-refractivity contribution in [1.29, 1.82) is 0 Å². The highest BCUT2D eigenvalue weighted by molar-refractivity contribution is 7.89. The van der Waals surface area contributed by atoms with Crippen LogP contribution in [-0.4, -0.2) is 54.2 Å². The summed E-state index contributed by atoms with van der Waals surface area (Å²) in [6.45, 7) is 3.33. The zero-order valence-electron chi connectivity index (χ0n) is 18.1. The van der Waals surface area contributed by atoms with E-state index in [9.17, 15) is 17.6 Å². The molecule has 0 atom stereocenters. The number of nitrogens with one attached hydrogen (secondary N) is 1. The third-order valence-electron chi connectivity index (χ3n) is 5.27. The Morgan fingerprint density at radius 1 is 1.06 bits per heavy atom. The second-order valence-corrected chi connectivity index (χ2v) is 10.4. The van der Waals surface area contributed by atoms with Crippen LogP contribution in [0.3, 0.4) is 0 Å². The van der Waals surface area contributed by atoms with Crippen LogP contribution >= 0.6 is 11.5 Å². The van der Waals surface area contributed by atoms with Crippen molar-refractivity contribution < 1.29 is 17.6 Å². The molecule has 11 heteroatoms. The summed E-state index contributed by atoms with van der Waals surface area (Å²) in [6, 6.07) is 12.5. The van der Waals surface area contributed by atoms with Crippen molar-refractivity contribution in [2.45, 2.75) is 24.7 Å². The van der Waals surface area contributed by atoms with E-state index in [1.54, 1.807) is 24.3 Å². The topological polar surface area (TPSA) is 95.5 Å². The Balaban J connectivity index is 1.40. The zero-order valence-corrected chi connectivity index (χ0v) is 19.7. The van der Waals surface area contributed by atoms with E-state index >= 15 is 0 Å². The quantitative estimate of drug-likeness (QED) is 0.572. The van der Waals surface area contributed by atoms with Crippen LogP contribution in [0.5, 0.6) is 0 Å². The fraction of sp³-hybridized carbons (Fsp3) is 0.318. The molecule has 1 fully saturated rings. The van der Waals surface area contributed by atoms with Crippen molar-refractivity contribution in [2.24, 2.45) is 0 Å². The average Bonchev–Trinajstić information content (AvgIpc) is 3.09. The van der Waals surface area contributed by atoms with E-state index in [0.29, 0.717) is 50.5 Å². The van der Waals surface area contributed by atoms with Crippen molar-refractivity contribution in [2.75, 3.05) is 36.4 Å². The average molecular weight is 490 g/mol. The lowest BCUT2D eigenvalue weighted by Gasteiger charge is -2.21. The first-order valence-electron chi connectivity index (χ1n) is 10.5. The summed E-state index contributed by atoms with van der Waals surface area (Å²) in [5, 5.41) is 3.39. The number of carbonyl (C=O) groups excluding carboxylic acids is 1. The van der Waals surface area contributed by atoms with Crippen LogP contribution in [-0.2, 0) is 21.2 Å². The fourth-order valence-electron chi connectivity index (χ4n) is 3.62. The van der Waals surface area contributed by atoms with Gasteiger partial charge in [-0.15, -0.1) is 0 Å². The lowest BCUT2D eigenvalue weighted by molar-refractivity contribution is -0.114. The van der Waals surface area contributed by atoms with Gasteiger partial charge in [-0.05, 0) is 48.4 Å². The van der Waals surface area contributed by atoms with Crippen LogP contribution in [0.15, 0.2) is 53.4 Å². The van der Waals surface area contributed by atoms with Crippen LogP contribution in [0.25, 0.3) is 0 Å². The Morgan fingerprint density at radius 3 is 2.48 bits per heavy atom. The van der Waals surface area contributed by atoms with E-state index in [1.165, 1.54) is 47.0 Å². The summed E-state index contributed by atoms with van der Waals surface area (Å²) in [7, 11) is -3.64. The molecule has 4 rings (SSSR count). The molecule has 0 radical (unpaired) electrons. The van der Waals surface area contributed by atoms with Crippen molar-refractivity contribution in [3.05, 3.63) is 65.7 Å². The molecule has 1 aliphatic heterocycles. The molecule has 1 saturated heterocycles. The molecule has 2 aromatic carbocycles.